The molecule has 0 aliphatic rings. The Balaban J connectivity index is 2.19. The first-order chi connectivity index (χ1) is 7.68. The van der Waals surface area contributed by atoms with E-state index in [9.17, 15) is 4.79 Å². The first-order valence-electron chi connectivity index (χ1n) is 5.36. The zero-order valence-electron chi connectivity index (χ0n) is 9.60. The van der Waals surface area contributed by atoms with Crippen molar-refractivity contribution in [2.24, 2.45) is 7.05 Å². The summed E-state index contributed by atoms with van der Waals surface area (Å²) in [6.45, 7) is 3.00. The molecule has 1 amide bonds. The monoisotopic (exact) mass is 218 g/mol. The van der Waals surface area contributed by atoms with Crippen LogP contribution in [0, 0.1) is 0 Å². The van der Waals surface area contributed by atoms with Gasteiger partial charge in [0.2, 0.25) is 11.4 Å². The van der Waals surface area contributed by atoms with Crippen molar-refractivity contribution >= 4 is 16.9 Å². The van der Waals surface area contributed by atoms with Gasteiger partial charge in [-0.3, -0.25) is 4.79 Å². The van der Waals surface area contributed by atoms with Gasteiger partial charge in [-0.15, -0.1) is 0 Å². The smallest absolute Gasteiger partial charge is 0.230 e. The fourth-order valence-corrected chi connectivity index (χ4v) is 1.84. The number of rotatable bonds is 3. The quantitative estimate of drug-likeness (QED) is 0.753. The van der Waals surface area contributed by atoms with Crippen molar-refractivity contribution in [3.05, 3.63) is 30.6 Å². The van der Waals surface area contributed by atoms with Gasteiger partial charge in [0, 0.05) is 38.3 Å². The van der Waals surface area contributed by atoms with Crippen LogP contribution >= 0.6 is 0 Å². The van der Waals surface area contributed by atoms with Crippen LogP contribution in [-0.2, 0) is 18.4 Å². The van der Waals surface area contributed by atoms with Crippen LogP contribution in [0.15, 0.2) is 30.6 Å². The van der Waals surface area contributed by atoms with Gasteiger partial charge in [0.15, 0.2) is 6.20 Å². The third-order valence-corrected chi connectivity index (χ3v) is 2.65. The minimum atomic E-state index is 0.0158. The molecule has 84 valence electrons. The molecule has 0 radical (unpaired) electrons. The standard InChI is InChI=1S/C12H15N3O/c1-10(16)13-6-9-15-8-5-11-12(15)4-3-7-14(11)2/h3-5,7-8H,6,9H2,1-2H3/p+1. The summed E-state index contributed by atoms with van der Waals surface area (Å²) in [5.41, 5.74) is 2.39. The number of nitrogens with zero attached hydrogens (tertiary/aromatic N) is 2. The third kappa shape index (κ3) is 2.05. The lowest BCUT2D eigenvalue weighted by Gasteiger charge is -2.04. The lowest BCUT2D eigenvalue weighted by molar-refractivity contribution is -0.644. The molecule has 0 saturated heterocycles. The van der Waals surface area contributed by atoms with Gasteiger partial charge in [0.25, 0.3) is 0 Å². The number of carbonyl (C=O) groups excluding carboxylic acids is 1. The van der Waals surface area contributed by atoms with Gasteiger partial charge < -0.3 is 9.88 Å². The number of nitrogens with one attached hydrogen (secondary N) is 1. The summed E-state index contributed by atoms with van der Waals surface area (Å²) in [5.74, 6) is 0.0158. The van der Waals surface area contributed by atoms with Gasteiger partial charge >= 0.3 is 0 Å². The van der Waals surface area contributed by atoms with Crippen LogP contribution in [0.4, 0.5) is 0 Å². The molecule has 0 aliphatic heterocycles. The van der Waals surface area contributed by atoms with Crippen LogP contribution in [-0.4, -0.2) is 17.0 Å². The first-order valence-corrected chi connectivity index (χ1v) is 5.36. The average Bonchev–Trinajstić information content (AvgIpc) is 2.63. The average molecular weight is 218 g/mol. The molecule has 4 nitrogen and oxygen atoms in total. The van der Waals surface area contributed by atoms with Crippen LogP contribution < -0.4 is 9.88 Å². The second-order valence-electron chi connectivity index (χ2n) is 3.88. The van der Waals surface area contributed by atoms with Crippen LogP contribution in [0.25, 0.3) is 11.0 Å². The minimum Gasteiger partial charge on any atom is -0.355 e. The van der Waals surface area contributed by atoms with Gasteiger partial charge in [-0.1, -0.05) is 0 Å². The molecular formula is C12H16N3O+. The van der Waals surface area contributed by atoms with E-state index in [1.165, 1.54) is 18.0 Å². The number of fused-ring (bicyclic) bond motifs is 1. The van der Waals surface area contributed by atoms with E-state index < -0.39 is 0 Å². The maximum atomic E-state index is 10.8. The van der Waals surface area contributed by atoms with Crippen LogP contribution in [0.1, 0.15) is 6.92 Å². The lowest BCUT2D eigenvalue weighted by atomic mass is 10.4. The van der Waals surface area contributed by atoms with Crippen molar-refractivity contribution < 1.29 is 9.36 Å². The summed E-state index contributed by atoms with van der Waals surface area (Å²) in [4.78, 5) is 10.8. The number of hydrogen-bond acceptors (Lipinski definition) is 1. The molecule has 1 N–H and O–H groups in total. The van der Waals surface area contributed by atoms with Crippen LogP contribution in [0.2, 0.25) is 0 Å². The van der Waals surface area contributed by atoms with Crippen molar-refractivity contribution in [2.75, 3.05) is 6.54 Å². The van der Waals surface area contributed by atoms with Crippen molar-refractivity contribution in [2.45, 2.75) is 13.5 Å². The van der Waals surface area contributed by atoms with Crippen molar-refractivity contribution in [3.63, 3.8) is 0 Å². The predicted octanol–water partition coefficient (Wildman–Crippen LogP) is 0.602. The molecule has 0 unspecified atom stereocenters. The van der Waals surface area contributed by atoms with E-state index in [1.54, 1.807) is 0 Å². The molecule has 0 atom stereocenters. The molecule has 0 aliphatic carbocycles. The van der Waals surface area contributed by atoms with E-state index in [1.807, 2.05) is 25.5 Å². The Morgan fingerprint density at radius 2 is 2.31 bits per heavy atom. The number of carbonyl (C=O) groups is 1. The number of pyridine rings is 1. The molecule has 0 bridgehead atoms. The molecule has 2 heterocycles. The summed E-state index contributed by atoms with van der Waals surface area (Å²) in [7, 11) is 2.03. The summed E-state index contributed by atoms with van der Waals surface area (Å²) >= 11 is 0. The second-order valence-corrected chi connectivity index (χ2v) is 3.88. The highest BCUT2D eigenvalue weighted by atomic mass is 16.1. The largest absolute Gasteiger partial charge is 0.355 e. The highest BCUT2D eigenvalue weighted by Gasteiger charge is 2.07. The highest BCUT2D eigenvalue weighted by molar-refractivity contribution is 5.73. The van der Waals surface area contributed by atoms with Gasteiger partial charge in [0.1, 0.15) is 12.6 Å². The zero-order valence-corrected chi connectivity index (χ0v) is 9.60. The highest BCUT2D eigenvalue weighted by Crippen LogP contribution is 2.10. The molecule has 4 heteroatoms. The minimum absolute atomic E-state index is 0.0158. The van der Waals surface area contributed by atoms with E-state index in [0.717, 1.165) is 6.54 Å². The maximum absolute atomic E-state index is 10.8. The Labute approximate surface area is 94.5 Å². The van der Waals surface area contributed by atoms with Crippen molar-refractivity contribution in [1.29, 1.82) is 0 Å². The lowest BCUT2D eigenvalue weighted by Crippen LogP contribution is -2.28. The second kappa shape index (κ2) is 4.35. The summed E-state index contributed by atoms with van der Waals surface area (Å²) in [6, 6.07) is 6.20. The molecular weight excluding hydrogens is 202 g/mol. The van der Waals surface area contributed by atoms with Crippen molar-refractivity contribution in [3.8, 4) is 0 Å². The molecule has 2 aromatic rings. The molecule has 0 spiro atoms. The molecule has 2 rings (SSSR count). The fourth-order valence-electron chi connectivity index (χ4n) is 1.84. The normalized spacial score (nSPS) is 10.6. The van der Waals surface area contributed by atoms with Crippen LogP contribution in [0.3, 0.4) is 0 Å². The number of amides is 1. The Morgan fingerprint density at radius 1 is 1.50 bits per heavy atom. The molecule has 0 fully saturated rings. The van der Waals surface area contributed by atoms with Gasteiger partial charge in [-0.2, -0.15) is 4.57 Å². The summed E-state index contributed by atoms with van der Waals surface area (Å²) < 4.78 is 4.23. The van der Waals surface area contributed by atoms with Gasteiger partial charge in [0.05, 0.1) is 0 Å². The Kier molecular flexibility index (Phi) is 2.90. The Bertz CT molecular complexity index is 516. The van der Waals surface area contributed by atoms with Crippen molar-refractivity contribution in [1.82, 2.24) is 9.88 Å². The predicted molar refractivity (Wildman–Crippen MR) is 61.8 cm³/mol. The first kappa shape index (κ1) is 10.7. The van der Waals surface area contributed by atoms with Crippen LogP contribution in [0.5, 0.6) is 0 Å². The maximum Gasteiger partial charge on any atom is 0.230 e. The zero-order chi connectivity index (χ0) is 11.5. The van der Waals surface area contributed by atoms with E-state index in [2.05, 4.69) is 26.6 Å². The topological polar surface area (TPSA) is 37.9 Å². The SMILES string of the molecule is CC(=O)NCCn1ccc2c1ccc[n+]2C. The van der Waals surface area contributed by atoms with E-state index in [-0.39, 0.29) is 5.91 Å². The number of aromatic nitrogens is 2. The number of aryl methyl sites for hydroxylation is 1. The van der Waals surface area contributed by atoms with Gasteiger partial charge in [-0.25, -0.2) is 0 Å². The molecule has 0 aromatic carbocycles. The van der Waals surface area contributed by atoms with E-state index in [4.69, 9.17) is 0 Å². The number of hydrogen-bond donors (Lipinski definition) is 1. The van der Waals surface area contributed by atoms with E-state index in [0.29, 0.717) is 6.54 Å². The Morgan fingerprint density at radius 3 is 3.06 bits per heavy atom. The van der Waals surface area contributed by atoms with E-state index >= 15 is 0 Å². The third-order valence-electron chi connectivity index (χ3n) is 2.65. The molecule has 0 saturated carbocycles. The fraction of sp³-hybridized carbons (Fsp3) is 0.333. The van der Waals surface area contributed by atoms with Gasteiger partial charge in [-0.05, 0) is 6.07 Å². The summed E-state index contributed by atoms with van der Waals surface area (Å²) in [6.07, 6.45) is 4.08. The summed E-state index contributed by atoms with van der Waals surface area (Å²) in [5, 5.41) is 2.80. The Hall–Kier alpha value is -1.84. The molecule has 16 heavy (non-hydrogen) atoms. The molecule has 2 aromatic heterocycles.